The van der Waals surface area contributed by atoms with Crippen molar-refractivity contribution in [2.75, 3.05) is 18.0 Å². The molecular formula is C25H26ClFN6. The van der Waals surface area contributed by atoms with E-state index in [1.807, 2.05) is 6.07 Å². The topological polar surface area (TPSA) is 50.1 Å². The van der Waals surface area contributed by atoms with Gasteiger partial charge < -0.3 is 4.90 Å². The number of hydrogen-bond acceptors (Lipinski definition) is 5. The summed E-state index contributed by atoms with van der Waals surface area (Å²) < 4.78 is 15.9. The number of hydrogen-bond donors (Lipinski definition) is 0. The zero-order valence-corrected chi connectivity index (χ0v) is 19.4. The second-order valence-corrected chi connectivity index (χ2v) is 10.9. The van der Waals surface area contributed by atoms with E-state index in [0.29, 0.717) is 23.1 Å². The normalized spacial score (nSPS) is 21.8. The van der Waals surface area contributed by atoms with E-state index >= 15 is 0 Å². The lowest BCUT2D eigenvalue weighted by Crippen LogP contribution is -2.62. The van der Waals surface area contributed by atoms with Crippen LogP contribution in [0, 0.1) is 18.2 Å². The van der Waals surface area contributed by atoms with E-state index in [0.717, 1.165) is 61.5 Å². The molecule has 1 saturated heterocycles. The maximum Gasteiger partial charge on any atom is 0.151 e. The van der Waals surface area contributed by atoms with E-state index in [1.54, 1.807) is 13.0 Å². The van der Waals surface area contributed by atoms with Gasteiger partial charge >= 0.3 is 0 Å². The highest BCUT2D eigenvalue weighted by Crippen LogP contribution is 2.56. The molecule has 1 spiro atoms. The number of halogens is 2. The minimum atomic E-state index is -0.244. The monoisotopic (exact) mass is 464 g/mol. The Labute approximate surface area is 197 Å². The second-order valence-electron chi connectivity index (χ2n) is 10.4. The van der Waals surface area contributed by atoms with Crippen LogP contribution in [0.2, 0.25) is 5.02 Å². The number of aryl methyl sites for hydroxylation is 1. The van der Waals surface area contributed by atoms with Crippen molar-refractivity contribution in [2.24, 2.45) is 5.41 Å². The van der Waals surface area contributed by atoms with Crippen LogP contribution < -0.4 is 4.90 Å². The average molecular weight is 465 g/mol. The lowest BCUT2D eigenvalue weighted by molar-refractivity contribution is 0.0581. The first kappa shape index (κ1) is 19.9. The quantitative estimate of drug-likeness (QED) is 0.566. The van der Waals surface area contributed by atoms with Crippen LogP contribution in [0.3, 0.4) is 0 Å². The standard InChI is InChI=1S/C25H26ClFN6/c1-15-20(27)5-7-22(28-15)32-13-25(14-32)9-17(10-25)24-30-29-23-12-31(19-3-4-19)11-16-8-18(26)2-6-21(16)33(23)24/h2,5-8,17,19H,3-4,9-14H2,1H3. The SMILES string of the molecule is Cc1nc(N2CC3(CC(c4nnc5n4-c4ccc(Cl)cc4CN(C4CC4)C5)C3)C2)ccc1F. The van der Waals surface area contributed by atoms with Gasteiger partial charge in [0.05, 0.1) is 17.9 Å². The molecule has 0 amide bonds. The Morgan fingerprint density at radius 1 is 1.06 bits per heavy atom. The molecule has 0 atom stereocenters. The summed E-state index contributed by atoms with van der Waals surface area (Å²) in [5, 5.41) is 10.1. The van der Waals surface area contributed by atoms with Crippen molar-refractivity contribution >= 4 is 17.4 Å². The van der Waals surface area contributed by atoms with E-state index < -0.39 is 0 Å². The Morgan fingerprint density at radius 3 is 2.64 bits per heavy atom. The molecule has 0 unspecified atom stereocenters. The molecule has 0 radical (unpaired) electrons. The van der Waals surface area contributed by atoms with Crippen molar-refractivity contribution in [1.82, 2.24) is 24.6 Å². The number of pyridine rings is 1. The van der Waals surface area contributed by atoms with Crippen molar-refractivity contribution < 1.29 is 4.39 Å². The first-order valence-corrected chi connectivity index (χ1v) is 12.2. The molecule has 2 saturated carbocycles. The molecule has 4 aliphatic rings. The molecule has 3 aromatic rings. The molecule has 33 heavy (non-hydrogen) atoms. The molecule has 3 fully saturated rings. The molecular weight excluding hydrogens is 439 g/mol. The predicted molar refractivity (Wildman–Crippen MR) is 124 cm³/mol. The van der Waals surface area contributed by atoms with Crippen molar-refractivity contribution in [2.45, 2.75) is 57.7 Å². The minimum Gasteiger partial charge on any atom is -0.355 e. The van der Waals surface area contributed by atoms with Crippen molar-refractivity contribution in [3.8, 4) is 5.69 Å². The summed E-state index contributed by atoms with van der Waals surface area (Å²) in [4.78, 5) is 9.21. The Bertz CT molecular complexity index is 1250. The lowest BCUT2D eigenvalue weighted by Gasteiger charge is -2.59. The molecule has 0 N–H and O–H groups in total. The van der Waals surface area contributed by atoms with Gasteiger partial charge in [0.2, 0.25) is 0 Å². The molecule has 8 heteroatoms. The van der Waals surface area contributed by atoms with Gasteiger partial charge in [0.1, 0.15) is 17.5 Å². The predicted octanol–water partition coefficient (Wildman–Crippen LogP) is 4.63. The molecule has 1 aromatic carbocycles. The molecule has 170 valence electrons. The van der Waals surface area contributed by atoms with E-state index in [1.165, 1.54) is 30.2 Å². The van der Waals surface area contributed by atoms with Crippen molar-refractivity contribution in [3.63, 3.8) is 0 Å². The fourth-order valence-corrected chi connectivity index (χ4v) is 6.27. The number of benzene rings is 1. The summed E-state index contributed by atoms with van der Waals surface area (Å²) in [6.07, 6.45) is 4.75. The maximum absolute atomic E-state index is 13.6. The van der Waals surface area contributed by atoms with Crippen LogP contribution in [-0.4, -0.2) is 43.8 Å². The zero-order chi connectivity index (χ0) is 22.3. The second kappa shape index (κ2) is 7.00. The van der Waals surface area contributed by atoms with E-state index in [4.69, 9.17) is 16.7 Å². The Hall–Kier alpha value is -2.51. The Morgan fingerprint density at radius 2 is 1.88 bits per heavy atom. The van der Waals surface area contributed by atoms with Gasteiger partial charge in [-0.25, -0.2) is 9.37 Å². The molecule has 2 aliphatic carbocycles. The third-order valence-electron chi connectivity index (χ3n) is 7.93. The summed E-state index contributed by atoms with van der Waals surface area (Å²) in [7, 11) is 0. The average Bonchev–Trinajstić information content (AvgIpc) is 3.52. The fraction of sp³-hybridized carbons (Fsp3) is 0.480. The first-order valence-electron chi connectivity index (χ1n) is 11.8. The van der Waals surface area contributed by atoms with Gasteiger partial charge in [-0.15, -0.1) is 10.2 Å². The molecule has 2 aromatic heterocycles. The summed E-state index contributed by atoms with van der Waals surface area (Å²) in [5.41, 5.74) is 3.22. The van der Waals surface area contributed by atoms with Crippen LogP contribution >= 0.6 is 11.6 Å². The number of nitrogens with zero attached hydrogens (tertiary/aromatic N) is 6. The summed E-state index contributed by atoms with van der Waals surface area (Å²) in [6.45, 7) is 5.43. The van der Waals surface area contributed by atoms with Gasteiger partial charge in [-0.05, 0) is 68.5 Å². The van der Waals surface area contributed by atoms with Crippen LogP contribution in [0.5, 0.6) is 0 Å². The Kier molecular flexibility index (Phi) is 4.22. The van der Waals surface area contributed by atoms with E-state index in [-0.39, 0.29) is 5.82 Å². The van der Waals surface area contributed by atoms with Gasteiger partial charge in [0, 0.05) is 42.0 Å². The fourth-order valence-electron chi connectivity index (χ4n) is 6.07. The van der Waals surface area contributed by atoms with Crippen LogP contribution in [0.15, 0.2) is 30.3 Å². The molecule has 2 aliphatic heterocycles. The van der Waals surface area contributed by atoms with Gasteiger partial charge in [-0.2, -0.15) is 0 Å². The number of rotatable bonds is 3. The third kappa shape index (κ3) is 3.20. The molecule has 7 rings (SSSR count). The van der Waals surface area contributed by atoms with Crippen LogP contribution in [0.1, 0.15) is 54.5 Å². The highest BCUT2D eigenvalue weighted by Gasteiger charge is 2.54. The molecule has 6 nitrogen and oxygen atoms in total. The highest BCUT2D eigenvalue weighted by molar-refractivity contribution is 6.30. The smallest absolute Gasteiger partial charge is 0.151 e. The third-order valence-corrected chi connectivity index (χ3v) is 8.16. The van der Waals surface area contributed by atoms with Gasteiger partial charge in [0.25, 0.3) is 0 Å². The van der Waals surface area contributed by atoms with Crippen molar-refractivity contribution in [3.05, 3.63) is 64.1 Å². The maximum atomic E-state index is 13.6. The summed E-state index contributed by atoms with van der Waals surface area (Å²) >= 11 is 6.37. The number of fused-ring (bicyclic) bond motifs is 3. The van der Waals surface area contributed by atoms with Gasteiger partial charge in [-0.3, -0.25) is 9.47 Å². The van der Waals surface area contributed by atoms with Crippen LogP contribution in [0.25, 0.3) is 5.69 Å². The van der Waals surface area contributed by atoms with Crippen LogP contribution in [-0.2, 0) is 13.1 Å². The summed E-state index contributed by atoms with van der Waals surface area (Å²) in [6, 6.07) is 10.2. The van der Waals surface area contributed by atoms with Crippen molar-refractivity contribution in [1.29, 1.82) is 0 Å². The largest absolute Gasteiger partial charge is 0.355 e. The summed E-state index contributed by atoms with van der Waals surface area (Å²) in [5.74, 6) is 3.18. The number of aromatic nitrogens is 4. The first-order chi connectivity index (χ1) is 16.0. The van der Waals surface area contributed by atoms with Crippen LogP contribution in [0.4, 0.5) is 10.2 Å². The van der Waals surface area contributed by atoms with E-state index in [2.05, 4.69) is 36.6 Å². The van der Waals surface area contributed by atoms with Gasteiger partial charge in [0.15, 0.2) is 5.82 Å². The Balaban J connectivity index is 1.13. The zero-order valence-electron chi connectivity index (χ0n) is 18.6. The number of anilines is 1. The van der Waals surface area contributed by atoms with E-state index in [9.17, 15) is 4.39 Å². The molecule has 0 bridgehead atoms. The molecule has 4 heterocycles. The lowest BCUT2D eigenvalue weighted by atomic mass is 9.57. The highest BCUT2D eigenvalue weighted by atomic mass is 35.5. The van der Waals surface area contributed by atoms with Gasteiger partial charge in [-0.1, -0.05) is 11.6 Å². The minimum absolute atomic E-state index is 0.244.